The highest BCUT2D eigenvalue weighted by Gasteiger charge is 2.51. The Morgan fingerprint density at radius 3 is 2.71 bits per heavy atom. The van der Waals surface area contributed by atoms with Gasteiger partial charge in [0.1, 0.15) is 5.75 Å². The number of benzene rings is 1. The number of rotatable bonds is 3. The van der Waals surface area contributed by atoms with Crippen LogP contribution >= 0.6 is 0 Å². The zero-order valence-electron chi connectivity index (χ0n) is 10.5. The van der Waals surface area contributed by atoms with Crippen molar-refractivity contribution in [2.24, 2.45) is 5.73 Å². The Labute approximate surface area is 102 Å². The van der Waals surface area contributed by atoms with Crippen LogP contribution in [-0.4, -0.2) is 13.2 Å². The molecule has 1 aromatic carbocycles. The molecule has 2 N–H and O–H groups in total. The molecule has 0 bridgehead atoms. The van der Waals surface area contributed by atoms with E-state index in [0.717, 1.165) is 25.2 Å². The minimum absolute atomic E-state index is 0.129. The van der Waals surface area contributed by atoms with E-state index in [9.17, 15) is 0 Å². The topological polar surface area (TPSA) is 44.5 Å². The Hall–Kier alpha value is -1.06. The van der Waals surface area contributed by atoms with Crippen molar-refractivity contribution in [1.29, 1.82) is 0 Å². The molecule has 3 rings (SSSR count). The molecule has 3 heteroatoms. The van der Waals surface area contributed by atoms with Gasteiger partial charge in [-0.25, -0.2) is 0 Å². The summed E-state index contributed by atoms with van der Waals surface area (Å²) in [7, 11) is 1.73. The number of hydrogen-bond donors (Lipinski definition) is 1. The average molecular weight is 233 g/mol. The van der Waals surface area contributed by atoms with E-state index in [-0.39, 0.29) is 11.5 Å². The van der Waals surface area contributed by atoms with Gasteiger partial charge < -0.3 is 15.2 Å². The van der Waals surface area contributed by atoms with Crippen molar-refractivity contribution in [2.45, 2.75) is 44.4 Å². The molecule has 0 amide bonds. The Bertz CT molecular complexity index is 450. The van der Waals surface area contributed by atoms with Crippen LogP contribution in [0.5, 0.6) is 5.75 Å². The Balaban J connectivity index is 2.17. The molecular formula is C14H19NO2. The largest absolute Gasteiger partial charge is 0.496 e. The number of fused-ring (bicyclic) bond motifs is 1. The minimum atomic E-state index is 0.129. The zero-order chi connectivity index (χ0) is 12.0. The Morgan fingerprint density at radius 1 is 1.35 bits per heavy atom. The molecule has 0 saturated heterocycles. The molecule has 3 nitrogen and oxygen atoms in total. The molecule has 0 aromatic heterocycles. The molecule has 1 heterocycles. The maximum atomic E-state index is 6.19. The maximum Gasteiger partial charge on any atom is 0.123 e. The van der Waals surface area contributed by atoms with Crippen LogP contribution in [0.4, 0.5) is 0 Å². The predicted octanol–water partition coefficient (Wildman–Crippen LogP) is 2.10. The smallest absolute Gasteiger partial charge is 0.123 e. The van der Waals surface area contributed by atoms with Gasteiger partial charge in [-0.1, -0.05) is 6.07 Å². The second-order valence-corrected chi connectivity index (χ2v) is 5.22. The standard InChI is InChI=1S/C14H19NO2/c1-9(15)14(5-6-14)13-11-8-17-7-10(11)3-4-12(13)16-2/h3-4,9H,5-8,15H2,1-2H3. The van der Waals surface area contributed by atoms with Crippen LogP contribution < -0.4 is 10.5 Å². The average Bonchev–Trinajstić information content (AvgIpc) is 2.99. The van der Waals surface area contributed by atoms with Gasteiger partial charge in [0.05, 0.1) is 20.3 Å². The van der Waals surface area contributed by atoms with Crippen LogP contribution in [0.1, 0.15) is 36.5 Å². The number of methoxy groups -OCH3 is 1. The van der Waals surface area contributed by atoms with Crippen molar-refractivity contribution < 1.29 is 9.47 Å². The number of ether oxygens (including phenoxy) is 2. The fourth-order valence-electron chi connectivity index (χ4n) is 3.02. The predicted molar refractivity (Wildman–Crippen MR) is 66.0 cm³/mol. The van der Waals surface area contributed by atoms with E-state index in [1.807, 2.05) is 0 Å². The lowest BCUT2D eigenvalue weighted by atomic mass is 9.84. The molecule has 2 aliphatic rings. The normalized spacial score (nSPS) is 22.1. The molecule has 1 unspecified atom stereocenters. The molecule has 1 fully saturated rings. The van der Waals surface area contributed by atoms with Gasteiger partial charge in [-0.05, 0) is 37.0 Å². The van der Waals surface area contributed by atoms with Gasteiger partial charge in [0.25, 0.3) is 0 Å². The molecule has 1 aromatic rings. The summed E-state index contributed by atoms with van der Waals surface area (Å²) in [4.78, 5) is 0. The van der Waals surface area contributed by atoms with Crippen LogP contribution in [-0.2, 0) is 23.4 Å². The van der Waals surface area contributed by atoms with Crippen molar-refractivity contribution >= 4 is 0 Å². The van der Waals surface area contributed by atoms with Crippen LogP contribution in [0, 0.1) is 0 Å². The summed E-state index contributed by atoms with van der Waals surface area (Å²) in [6, 6.07) is 4.34. The van der Waals surface area contributed by atoms with Crippen LogP contribution in [0.15, 0.2) is 12.1 Å². The van der Waals surface area contributed by atoms with Gasteiger partial charge in [-0.2, -0.15) is 0 Å². The summed E-state index contributed by atoms with van der Waals surface area (Å²) in [6.07, 6.45) is 2.33. The monoisotopic (exact) mass is 233 g/mol. The van der Waals surface area contributed by atoms with E-state index in [0.29, 0.717) is 6.61 Å². The zero-order valence-corrected chi connectivity index (χ0v) is 10.5. The van der Waals surface area contributed by atoms with Crippen LogP contribution in [0.2, 0.25) is 0 Å². The summed E-state index contributed by atoms with van der Waals surface area (Å²) in [5.74, 6) is 0.976. The number of nitrogens with two attached hydrogens (primary N) is 1. The van der Waals surface area contributed by atoms with Crippen molar-refractivity contribution in [1.82, 2.24) is 0 Å². The van der Waals surface area contributed by atoms with E-state index in [2.05, 4.69) is 19.1 Å². The fraction of sp³-hybridized carbons (Fsp3) is 0.571. The lowest BCUT2D eigenvalue weighted by molar-refractivity contribution is 0.134. The highest BCUT2D eigenvalue weighted by molar-refractivity contribution is 5.53. The van der Waals surface area contributed by atoms with Gasteiger partial charge in [0.2, 0.25) is 0 Å². The summed E-state index contributed by atoms with van der Waals surface area (Å²) in [6.45, 7) is 3.53. The quantitative estimate of drug-likeness (QED) is 0.869. The molecule has 1 atom stereocenters. The van der Waals surface area contributed by atoms with Crippen molar-refractivity contribution in [3.8, 4) is 5.75 Å². The fourth-order valence-corrected chi connectivity index (χ4v) is 3.02. The lowest BCUT2D eigenvalue weighted by Crippen LogP contribution is -2.32. The van der Waals surface area contributed by atoms with E-state index in [1.54, 1.807) is 7.11 Å². The molecule has 17 heavy (non-hydrogen) atoms. The summed E-state index contributed by atoms with van der Waals surface area (Å²) in [5.41, 5.74) is 10.2. The highest BCUT2D eigenvalue weighted by atomic mass is 16.5. The third-order valence-corrected chi connectivity index (χ3v) is 4.25. The molecule has 1 aliphatic heterocycles. The molecular weight excluding hydrogens is 214 g/mol. The van der Waals surface area contributed by atoms with E-state index in [4.69, 9.17) is 15.2 Å². The first kappa shape index (κ1) is 11.1. The van der Waals surface area contributed by atoms with Gasteiger partial charge in [-0.15, -0.1) is 0 Å². The van der Waals surface area contributed by atoms with E-state index >= 15 is 0 Å². The second-order valence-electron chi connectivity index (χ2n) is 5.22. The molecule has 1 saturated carbocycles. The first-order chi connectivity index (χ1) is 8.19. The van der Waals surface area contributed by atoms with Gasteiger partial charge >= 0.3 is 0 Å². The first-order valence-electron chi connectivity index (χ1n) is 6.21. The van der Waals surface area contributed by atoms with Gasteiger partial charge in [0, 0.05) is 17.0 Å². The highest BCUT2D eigenvalue weighted by Crippen LogP contribution is 2.55. The van der Waals surface area contributed by atoms with Crippen molar-refractivity contribution in [3.63, 3.8) is 0 Å². The maximum absolute atomic E-state index is 6.19. The SMILES string of the molecule is COc1ccc2c(c1C1(C(C)N)CC1)COC2. The molecule has 92 valence electrons. The van der Waals surface area contributed by atoms with Gasteiger partial charge in [0.15, 0.2) is 0 Å². The molecule has 1 aliphatic carbocycles. The number of hydrogen-bond acceptors (Lipinski definition) is 3. The van der Waals surface area contributed by atoms with E-state index < -0.39 is 0 Å². The van der Waals surface area contributed by atoms with E-state index in [1.165, 1.54) is 16.7 Å². The van der Waals surface area contributed by atoms with Gasteiger partial charge in [-0.3, -0.25) is 0 Å². The lowest BCUT2D eigenvalue weighted by Gasteiger charge is -2.25. The first-order valence-corrected chi connectivity index (χ1v) is 6.21. The summed E-state index contributed by atoms with van der Waals surface area (Å²) >= 11 is 0. The molecule has 0 spiro atoms. The van der Waals surface area contributed by atoms with Crippen molar-refractivity contribution in [2.75, 3.05) is 7.11 Å². The minimum Gasteiger partial charge on any atom is -0.496 e. The molecule has 0 radical (unpaired) electrons. The van der Waals surface area contributed by atoms with Crippen LogP contribution in [0.3, 0.4) is 0 Å². The second kappa shape index (κ2) is 3.72. The van der Waals surface area contributed by atoms with Crippen LogP contribution in [0.25, 0.3) is 0 Å². The summed E-state index contributed by atoms with van der Waals surface area (Å²) < 4.78 is 11.1. The van der Waals surface area contributed by atoms with Crippen molar-refractivity contribution in [3.05, 3.63) is 28.8 Å². The third kappa shape index (κ3) is 1.49. The Morgan fingerprint density at radius 2 is 2.12 bits per heavy atom. The summed E-state index contributed by atoms with van der Waals surface area (Å²) in [5, 5.41) is 0. The third-order valence-electron chi connectivity index (χ3n) is 4.25. The Kier molecular flexibility index (Phi) is 2.42.